The number of ether oxygens (including phenoxy) is 3. The molecule has 0 unspecified atom stereocenters. The van der Waals surface area contributed by atoms with Crippen LogP contribution in [0.4, 0.5) is 0 Å². The van der Waals surface area contributed by atoms with E-state index in [1.54, 1.807) is 18.3 Å². The van der Waals surface area contributed by atoms with Crippen LogP contribution in [0.3, 0.4) is 0 Å². The molecule has 0 saturated carbocycles. The Kier molecular flexibility index (Phi) is 10.4. The van der Waals surface area contributed by atoms with Crippen molar-refractivity contribution in [3.8, 4) is 11.5 Å². The molecule has 5 nitrogen and oxygen atoms in total. The number of halogens is 4. The minimum atomic E-state index is -0.288. The Morgan fingerprint density at radius 3 is 2.31 bits per heavy atom. The van der Waals surface area contributed by atoms with E-state index in [0.29, 0.717) is 28.2 Å². The first-order valence-electron chi connectivity index (χ1n) is 7.65. The zero-order chi connectivity index (χ0) is 19.6. The SMILES string of the molecule is CC(C)(C)ONC=COCCOc1c(Cl)cc(OCC=C(Cl)Cl)cc1Cl. The smallest absolute Gasteiger partial charge is 0.156 e. The second kappa shape index (κ2) is 11.7. The molecule has 0 radical (unpaired) electrons. The molecule has 1 rings (SSSR count). The highest BCUT2D eigenvalue weighted by Crippen LogP contribution is 2.36. The van der Waals surface area contributed by atoms with E-state index in [2.05, 4.69) is 5.48 Å². The van der Waals surface area contributed by atoms with Crippen molar-refractivity contribution < 1.29 is 19.0 Å². The number of nitrogens with one attached hydrogen (secondary N) is 1. The Balaban J connectivity index is 2.38. The maximum atomic E-state index is 6.16. The van der Waals surface area contributed by atoms with E-state index in [0.717, 1.165) is 0 Å². The van der Waals surface area contributed by atoms with Crippen molar-refractivity contribution in [2.24, 2.45) is 0 Å². The lowest BCUT2D eigenvalue weighted by atomic mass is 10.2. The van der Waals surface area contributed by atoms with E-state index in [1.807, 2.05) is 20.8 Å². The molecule has 0 aliphatic heterocycles. The van der Waals surface area contributed by atoms with E-state index in [-0.39, 0.29) is 23.3 Å². The number of rotatable bonds is 10. The summed E-state index contributed by atoms with van der Waals surface area (Å²) in [6.07, 6.45) is 4.51. The van der Waals surface area contributed by atoms with E-state index in [1.165, 1.54) is 12.3 Å². The Morgan fingerprint density at radius 2 is 1.73 bits per heavy atom. The minimum Gasteiger partial charge on any atom is -0.496 e. The summed E-state index contributed by atoms with van der Waals surface area (Å²) in [5.41, 5.74) is 2.37. The molecule has 0 aromatic heterocycles. The number of hydroxylamine groups is 1. The van der Waals surface area contributed by atoms with Gasteiger partial charge in [0.25, 0.3) is 0 Å². The third-order valence-corrected chi connectivity index (χ3v) is 3.37. The zero-order valence-electron chi connectivity index (χ0n) is 14.7. The molecule has 0 heterocycles. The molecule has 0 spiro atoms. The molecule has 146 valence electrons. The van der Waals surface area contributed by atoms with Gasteiger partial charge in [-0.3, -0.25) is 10.3 Å². The fraction of sp³-hybridized carbons (Fsp3) is 0.412. The van der Waals surface area contributed by atoms with Gasteiger partial charge in [0.15, 0.2) is 5.75 Å². The van der Waals surface area contributed by atoms with E-state index >= 15 is 0 Å². The molecule has 0 aliphatic carbocycles. The predicted octanol–water partition coefficient (Wildman–Crippen LogP) is 5.88. The van der Waals surface area contributed by atoms with Gasteiger partial charge in [0.1, 0.15) is 36.3 Å². The highest BCUT2D eigenvalue weighted by Gasteiger charge is 2.11. The maximum absolute atomic E-state index is 6.16. The molecule has 0 bridgehead atoms. The first-order valence-corrected chi connectivity index (χ1v) is 9.16. The van der Waals surface area contributed by atoms with Gasteiger partial charge in [-0.15, -0.1) is 0 Å². The van der Waals surface area contributed by atoms with Crippen molar-refractivity contribution in [2.45, 2.75) is 26.4 Å². The summed E-state index contributed by atoms with van der Waals surface area (Å²) in [6.45, 7) is 6.54. The molecule has 0 atom stereocenters. The van der Waals surface area contributed by atoms with Gasteiger partial charge in [-0.05, 0) is 26.8 Å². The summed E-state index contributed by atoms with van der Waals surface area (Å²) >= 11 is 23.3. The average Bonchev–Trinajstić information content (AvgIpc) is 2.50. The molecular weight excluding hydrogens is 424 g/mol. The Labute approximate surface area is 173 Å². The first kappa shape index (κ1) is 23.1. The van der Waals surface area contributed by atoms with Crippen molar-refractivity contribution >= 4 is 46.4 Å². The Morgan fingerprint density at radius 1 is 1.08 bits per heavy atom. The van der Waals surface area contributed by atoms with Crippen LogP contribution in [-0.2, 0) is 9.57 Å². The lowest BCUT2D eigenvalue weighted by molar-refractivity contribution is -0.0531. The first-order chi connectivity index (χ1) is 12.2. The second-order valence-corrected chi connectivity index (χ2v) is 7.70. The minimum absolute atomic E-state index is 0.122. The quantitative estimate of drug-likeness (QED) is 0.277. The predicted molar refractivity (Wildman–Crippen MR) is 106 cm³/mol. The Bertz CT molecular complexity index is 603. The summed E-state index contributed by atoms with van der Waals surface area (Å²) in [5, 5.41) is 0.647. The monoisotopic (exact) mass is 443 g/mol. The van der Waals surface area contributed by atoms with Crippen LogP contribution < -0.4 is 15.0 Å². The van der Waals surface area contributed by atoms with Crippen LogP contribution >= 0.6 is 46.4 Å². The van der Waals surface area contributed by atoms with Crippen LogP contribution in [0.1, 0.15) is 20.8 Å². The van der Waals surface area contributed by atoms with Crippen molar-refractivity contribution in [1.82, 2.24) is 5.48 Å². The van der Waals surface area contributed by atoms with Crippen molar-refractivity contribution in [3.05, 3.63) is 45.2 Å². The van der Waals surface area contributed by atoms with E-state index in [9.17, 15) is 0 Å². The fourth-order valence-electron chi connectivity index (χ4n) is 1.51. The van der Waals surface area contributed by atoms with Gasteiger partial charge in [-0.1, -0.05) is 46.4 Å². The topological polar surface area (TPSA) is 49.0 Å². The highest BCUT2D eigenvalue weighted by molar-refractivity contribution is 6.55. The van der Waals surface area contributed by atoms with Gasteiger partial charge < -0.3 is 14.2 Å². The molecule has 1 aromatic rings. The molecule has 9 heteroatoms. The summed E-state index contributed by atoms with van der Waals surface area (Å²) in [7, 11) is 0. The van der Waals surface area contributed by atoms with Gasteiger partial charge in [0, 0.05) is 12.1 Å². The van der Waals surface area contributed by atoms with Gasteiger partial charge in [0.2, 0.25) is 0 Å². The molecular formula is C17H21Cl4NO4. The van der Waals surface area contributed by atoms with Crippen LogP contribution in [0.2, 0.25) is 10.0 Å². The second-order valence-electron chi connectivity index (χ2n) is 5.88. The average molecular weight is 445 g/mol. The lowest BCUT2D eigenvalue weighted by Gasteiger charge is -2.17. The molecule has 0 saturated heterocycles. The fourth-order valence-corrected chi connectivity index (χ4v) is 2.21. The summed E-state index contributed by atoms with van der Waals surface area (Å²) in [6, 6.07) is 3.18. The van der Waals surface area contributed by atoms with Crippen LogP contribution in [-0.4, -0.2) is 25.4 Å². The standard InChI is InChI=1S/C17H21Cl4NO4/c1-17(2,3)26-22-5-7-23-8-9-25-16-13(18)10-12(11-14(16)19)24-6-4-15(20)21/h4-5,7,10-11,22H,6,8-9H2,1-3H3. The molecule has 26 heavy (non-hydrogen) atoms. The van der Waals surface area contributed by atoms with E-state index in [4.69, 9.17) is 65.5 Å². The van der Waals surface area contributed by atoms with Gasteiger partial charge in [-0.2, -0.15) is 0 Å². The number of hydrogen-bond acceptors (Lipinski definition) is 5. The zero-order valence-corrected chi connectivity index (χ0v) is 17.7. The summed E-state index contributed by atoms with van der Waals surface area (Å²) in [5.74, 6) is 0.829. The third-order valence-electron chi connectivity index (χ3n) is 2.50. The van der Waals surface area contributed by atoms with Crippen LogP contribution in [0.25, 0.3) is 0 Å². The van der Waals surface area contributed by atoms with Gasteiger partial charge in [-0.25, -0.2) is 0 Å². The third kappa shape index (κ3) is 10.2. The van der Waals surface area contributed by atoms with E-state index < -0.39 is 0 Å². The van der Waals surface area contributed by atoms with Crippen molar-refractivity contribution in [3.63, 3.8) is 0 Å². The summed E-state index contributed by atoms with van der Waals surface area (Å²) in [4.78, 5) is 5.28. The van der Waals surface area contributed by atoms with Crippen molar-refractivity contribution in [2.75, 3.05) is 19.8 Å². The van der Waals surface area contributed by atoms with Crippen LogP contribution in [0, 0.1) is 0 Å². The van der Waals surface area contributed by atoms with Crippen LogP contribution in [0.15, 0.2) is 35.2 Å². The van der Waals surface area contributed by atoms with Gasteiger partial charge >= 0.3 is 0 Å². The lowest BCUT2D eigenvalue weighted by Crippen LogP contribution is -2.25. The normalized spacial score (nSPS) is 11.3. The molecule has 1 N–H and O–H groups in total. The molecule has 1 aromatic carbocycles. The molecule has 0 fully saturated rings. The van der Waals surface area contributed by atoms with Crippen molar-refractivity contribution in [1.29, 1.82) is 0 Å². The highest BCUT2D eigenvalue weighted by atomic mass is 35.5. The molecule has 0 amide bonds. The van der Waals surface area contributed by atoms with Gasteiger partial charge in [0.05, 0.1) is 21.8 Å². The Hall–Kier alpha value is -0.980. The van der Waals surface area contributed by atoms with Crippen LogP contribution in [0.5, 0.6) is 11.5 Å². The number of benzene rings is 1. The maximum Gasteiger partial charge on any atom is 0.156 e. The number of hydrogen-bond donors (Lipinski definition) is 1. The summed E-state index contributed by atoms with van der Waals surface area (Å²) < 4.78 is 16.3. The largest absolute Gasteiger partial charge is 0.496 e. The molecule has 0 aliphatic rings.